The molecular weight excluding hydrogens is 320 g/mol. The molecule has 0 radical (unpaired) electrons. The van der Waals surface area contributed by atoms with E-state index in [9.17, 15) is 14.7 Å². The maximum absolute atomic E-state index is 12.2. The first kappa shape index (κ1) is 18.7. The van der Waals surface area contributed by atoms with Gasteiger partial charge in [-0.15, -0.1) is 0 Å². The highest BCUT2D eigenvalue weighted by atomic mass is 16.3. The molecule has 0 bridgehead atoms. The third-order valence-corrected chi connectivity index (χ3v) is 3.79. The molecule has 134 valence electrons. The number of aromatic nitrogens is 2. The van der Waals surface area contributed by atoms with Gasteiger partial charge >= 0.3 is 0 Å². The summed E-state index contributed by atoms with van der Waals surface area (Å²) in [5.74, 6) is -0.924. The summed E-state index contributed by atoms with van der Waals surface area (Å²) in [7, 11) is 0. The van der Waals surface area contributed by atoms with Crippen molar-refractivity contribution in [2.45, 2.75) is 32.6 Å². The van der Waals surface area contributed by atoms with Crippen LogP contribution in [0.2, 0.25) is 0 Å². The van der Waals surface area contributed by atoms with Crippen LogP contribution in [0.4, 0.5) is 0 Å². The third kappa shape index (κ3) is 5.15. The molecule has 0 spiro atoms. The number of unbranched alkanes of at least 4 members (excludes halogenated alkanes) is 3. The fraction of sp³-hybridized carbons (Fsp3) is 0.389. The van der Waals surface area contributed by atoms with Gasteiger partial charge in [0.05, 0.1) is 5.69 Å². The van der Waals surface area contributed by atoms with E-state index >= 15 is 0 Å². The van der Waals surface area contributed by atoms with Gasteiger partial charge in [0.2, 0.25) is 0 Å². The molecule has 7 heteroatoms. The standard InChI is InChI=1S/C18H24N4O3/c1-13-7-6-8-14(11-13)22-16(24)12-15(23)17(21-22)18(25)20-10-5-3-2-4-9-19/h6-8,11-12,23H,2-5,9-10,19H2,1H3,(H,20,25). The van der Waals surface area contributed by atoms with Gasteiger partial charge in [0, 0.05) is 12.6 Å². The largest absolute Gasteiger partial charge is 0.505 e. The molecule has 1 heterocycles. The molecule has 4 N–H and O–H groups in total. The lowest BCUT2D eigenvalue weighted by molar-refractivity contribution is 0.0943. The number of nitrogens with one attached hydrogen (secondary N) is 1. The maximum Gasteiger partial charge on any atom is 0.275 e. The molecule has 1 amide bonds. The van der Waals surface area contributed by atoms with Gasteiger partial charge in [-0.25, -0.2) is 0 Å². The molecule has 0 aliphatic heterocycles. The van der Waals surface area contributed by atoms with Crippen LogP contribution in [0, 0.1) is 6.92 Å². The Morgan fingerprint density at radius 3 is 2.72 bits per heavy atom. The minimum absolute atomic E-state index is 0.164. The molecule has 0 saturated heterocycles. The second-order valence-electron chi connectivity index (χ2n) is 5.93. The maximum atomic E-state index is 12.2. The van der Waals surface area contributed by atoms with Gasteiger partial charge in [-0.3, -0.25) is 9.59 Å². The molecular formula is C18H24N4O3. The minimum Gasteiger partial charge on any atom is -0.505 e. The van der Waals surface area contributed by atoms with E-state index in [4.69, 9.17) is 5.73 Å². The van der Waals surface area contributed by atoms with Crippen LogP contribution < -0.4 is 16.6 Å². The van der Waals surface area contributed by atoms with E-state index in [0.29, 0.717) is 18.8 Å². The van der Waals surface area contributed by atoms with Crippen molar-refractivity contribution in [1.29, 1.82) is 0 Å². The molecule has 1 aromatic carbocycles. The fourth-order valence-corrected chi connectivity index (χ4v) is 2.46. The summed E-state index contributed by atoms with van der Waals surface area (Å²) < 4.78 is 1.11. The average Bonchev–Trinajstić information content (AvgIpc) is 2.58. The van der Waals surface area contributed by atoms with E-state index in [-0.39, 0.29) is 5.69 Å². The summed E-state index contributed by atoms with van der Waals surface area (Å²) in [5, 5.41) is 16.7. The predicted octanol–water partition coefficient (Wildman–Crippen LogP) is 1.50. The third-order valence-electron chi connectivity index (χ3n) is 3.79. The van der Waals surface area contributed by atoms with Gasteiger partial charge in [-0.1, -0.05) is 25.0 Å². The molecule has 0 saturated carbocycles. The number of nitrogens with two attached hydrogens (primary N) is 1. The van der Waals surface area contributed by atoms with Crippen LogP contribution in [0.15, 0.2) is 35.1 Å². The van der Waals surface area contributed by atoms with Crippen LogP contribution in [-0.2, 0) is 0 Å². The molecule has 2 aromatic rings. The quantitative estimate of drug-likeness (QED) is 0.629. The van der Waals surface area contributed by atoms with Crippen molar-refractivity contribution in [3.8, 4) is 11.4 Å². The highest BCUT2D eigenvalue weighted by Crippen LogP contribution is 2.13. The number of carbonyl (C=O) groups excluding carboxylic acids is 1. The van der Waals surface area contributed by atoms with Gasteiger partial charge in [0.25, 0.3) is 11.5 Å². The predicted molar refractivity (Wildman–Crippen MR) is 96.1 cm³/mol. The highest BCUT2D eigenvalue weighted by molar-refractivity contribution is 5.94. The topological polar surface area (TPSA) is 110 Å². The Kier molecular flexibility index (Phi) is 6.71. The molecule has 0 fully saturated rings. The number of amides is 1. The zero-order valence-corrected chi connectivity index (χ0v) is 14.4. The minimum atomic E-state index is -0.502. The Bertz CT molecular complexity index is 786. The molecule has 0 unspecified atom stereocenters. The molecule has 0 aliphatic carbocycles. The molecule has 1 aromatic heterocycles. The number of carbonyl (C=O) groups is 1. The number of benzene rings is 1. The van der Waals surface area contributed by atoms with Crippen LogP contribution in [0.3, 0.4) is 0 Å². The van der Waals surface area contributed by atoms with Crippen LogP contribution >= 0.6 is 0 Å². The van der Waals surface area contributed by atoms with Crippen molar-refractivity contribution < 1.29 is 9.90 Å². The van der Waals surface area contributed by atoms with Crippen molar-refractivity contribution in [2.75, 3.05) is 13.1 Å². The van der Waals surface area contributed by atoms with E-state index in [2.05, 4.69) is 10.4 Å². The number of hydrogen-bond donors (Lipinski definition) is 3. The lowest BCUT2D eigenvalue weighted by Crippen LogP contribution is -2.29. The van der Waals surface area contributed by atoms with Crippen LogP contribution in [-0.4, -0.2) is 33.9 Å². The second kappa shape index (κ2) is 8.98. The van der Waals surface area contributed by atoms with Gasteiger partial charge in [-0.05, 0) is 44.0 Å². The summed E-state index contributed by atoms with van der Waals surface area (Å²) in [6, 6.07) is 8.20. The van der Waals surface area contributed by atoms with E-state index in [1.165, 1.54) is 0 Å². The zero-order chi connectivity index (χ0) is 18.2. The normalized spacial score (nSPS) is 10.6. The summed E-state index contributed by atoms with van der Waals surface area (Å²) in [6.45, 7) is 3.05. The lowest BCUT2D eigenvalue weighted by Gasteiger charge is -2.10. The zero-order valence-electron chi connectivity index (χ0n) is 14.4. The Balaban J connectivity index is 2.11. The van der Waals surface area contributed by atoms with Gasteiger partial charge in [0.1, 0.15) is 0 Å². The molecule has 0 atom stereocenters. The van der Waals surface area contributed by atoms with Gasteiger partial charge in [-0.2, -0.15) is 9.78 Å². The van der Waals surface area contributed by atoms with Crippen molar-refractivity contribution in [2.24, 2.45) is 5.73 Å². The average molecular weight is 344 g/mol. The van der Waals surface area contributed by atoms with E-state index in [1.54, 1.807) is 18.2 Å². The Morgan fingerprint density at radius 2 is 2.00 bits per heavy atom. The van der Waals surface area contributed by atoms with E-state index < -0.39 is 17.2 Å². The smallest absolute Gasteiger partial charge is 0.275 e. The Hall–Kier alpha value is -2.67. The summed E-state index contributed by atoms with van der Waals surface area (Å²) in [4.78, 5) is 24.3. The van der Waals surface area contributed by atoms with Crippen molar-refractivity contribution in [1.82, 2.24) is 15.1 Å². The van der Waals surface area contributed by atoms with Crippen LogP contribution in [0.25, 0.3) is 5.69 Å². The molecule has 0 aliphatic rings. The van der Waals surface area contributed by atoms with E-state index in [1.807, 2.05) is 13.0 Å². The van der Waals surface area contributed by atoms with Gasteiger partial charge in [0.15, 0.2) is 11.4 Å². The summed E-state index contributed by atoms with van der Waals surface area (Å²) in [6.07, 6.45) is 3.79. The first-order chi connectivity index (χ1) is 12.0. The summed E-state index contributed by atoms with van der Waals surface area (Å²) in [5.41, 5.74) is 6.27. The molecule has 2 rings (SSSR count). The number of aryl methyl sites for hydroxylation is 1. The number of nitrogens with zero attached hydrogens (tertiary/aromatic N) is 2. The van der Waals surface area contributed by atoms with Crippen LogP contribution in [0.5, 0.6) is 5.75 Å². The summed E-state index contributed by atoms with van der Waals surface area (Å²) >= 11 is 0. The number of aromatic hydroxyl groups is 1. The monoisotopic (exact) mass is 344 g/mol. The highest BCUT2D eigenvalue weighted by Gasteiger charge is 2.16. The van der Waals surface area contributed by atoms with Crippen molar-refractivity contribution in [3.05, 3.63) is 51.9 Å². The lowest BCUT2D eigenvalue weighted by atomic mass is 10.2. The van der Waals surface area contributed by atoms with Crippen LogP contribution in [0.1, 0.15) is 41.7 Å². The van der Waals surface area contributed by atoms with E-state index in [0.717, 1.165) is 42.0 Å². The molecule has 7 nitrogen and oxygen atoms in total. The first-order valence-electron chi connectivity index (χ1n) is 8.41. The van der Waals surface area contributed by atoms with Crippen molar-refractivity contribution in [3.63, 3.8) is 0 Å². The Labute approximate surface area is 146 Å². The first-order valence-corrected chi connectivity index (χ1v) is 8.41. The van der Waals surface area contributed by atoms with Gasteiger partial charge < -0.3 is 16.2 Å². The van der Waals surface area contributed by atoms with Crippen molar-refractivity contribution >= 4 is 5.91 Å². The number of hydrogen-bond acceptors (Lipinski definition) is 5. The Morgan fingerprint density at radius 1 is 1.24 bits per heavy atom. The second-order valence-corrected chi connectivity index (χ2v) is 5.93. The fourth-order valence-electron chi connectivity index (χ4n) is 2.46. The SMILES string of the molecule is Cc1cccc(-n2nc(C(=O)NCCCCCCN)c(O)cc2=O)c1. The molecule has 25 heavy (non-hydrogen) atoms. The number of rotatable bonds is 8.